The number of ether oxygens (including phenoxy) is 1. The second-order valence-electron chi connectivity index (χ2n) is 7.43. The molecule has 1 fully saturated rings. The van der Waals surface area contributed by atoms with Crippen molar-refractivity contribution in [3.8, 4) is 5.75 Å². The second kappa shape index (κ2) is 9.93. The van der Waals surface area contributed by atoms with Gasteiger partial charge in [-0.3, -0.25) is 9.59 Å². The van der Waals surface area contributed by atoms with Crippen LogP contribution in [0.2, 0.25) is 0 Å². The van der Waals surface area contributed by atoms with Crippen LogP contribution in [0, 0.1) is 0 Å². The van der Waals surface area contributed by atoms with Crippen molar-refractivity contribution >= 4 is 21.8 Å². The van der Waals surface area contributed by atoms with E-state index in [0.29, 0.717) is 5.56 Å². The number of carbonyl (C=O) groups excluding carboxylic acids is 2. The quantitative estimate of drug-likeness (QED) is 0.577. The van der Waals surface area contributed by atoms with Crippen molar-refractivity contribution in [1.82, 2.24) is 15.4 Å². The molecule has 0 aliphatic heterocycles. The largest absolute Gasteiger partial charge is 0.495 e. The molecular formula is C22H27N3O5S. The van der Waals surface area contributed by atoms with Crippen LogP contribution in [0.25, 0.3) is 0 Å². The van der Waals surface area contributed by atoms with Gasteiger partial charge in [0.25, 0.3) is 11.8 Å². The van der Waals surface area contributed by atoms with E-state index in [1.54, 1.807) is 31.3 Å². The second-order valence-corrected chi connectivity index (χ2v) is 9.11. The van der Waals surface area contributed by atoms with Crippen LogP contribution < -0.4 is 20.1 Å². The van der Waals surface area contributed by atoms with Crippen LogP contribution in [-0.4, -0.2) is 40.4 Å². The standard InChI is InChI=1S/C22H27N3O5S/c1-23-21(26)16-7-5-6-15(12-16)14-24-22(27)17-10-11-19(30-2)20(13-17)31(28,29)25-18-8-3-4-9-18/h5-7,10-13,18,25H,3-4,8-9,14H2,1-2H3,(H,23,26)(H,24,27). The molecule has 3 N–H and O–H groups in total. The van der Waals surface area contributed by atoms with Gasteiger partial charge in [-0.2, -0.15) is 0 Å². The maximum Gasteiger partial charge on any atom is 0.251 e. The van der Waals surface area contributed by atoms with Gasteiger partial charge in [-0.15, -0.1) is 0 Å². The summed E-state index contributed by atoms with van der Waals surface area (Å²) in [5, 5.41) is 5.32. The van der Waals surface area contributed by atoms with E-state index < -0.39 is 15.9 Å². The summed E-state index contributed by atoms with van der Waals surface area (Å²) >= 11 is 0. The van der Waals surface area contributed by atoms with Gasteiger partial charge >= 0.3 is 0 Å². The van der Waals surface area contributed by atoms with Gasteiger partial charge in [0.2, 0.25) is 10.0 Å². The normalized spacial score (nSPS) is 14.3. The van der Waals surface area contributed by atoms with E-state index in [2.05, 4.69) is 15.4 Å². The molecule has 31 heavy (non-hydrogen) atoms. The Morgan fingerprint density at radius 3 is 2.42 bits per heavy atom. The predicted octanol–water partition coefficient (Wildman–Crippen LogP) is 2.21. The molecule has 1 aliphatic rings. The summed E-state index contributed by atoms with van der Waals surface area (Å²) in [6, 6.07) is 11.1. The molecule has 166 valence electrons. The summed E-state index contributed by atoms with van der Waals surface area (Å²) in [5.41, 5.74) is 1.44. The van der Waals surface area contributed by atoms with Crippen molar-refractivity contribution < 1.29 is 22.7 Å². The molecule has 2 amide bonds. The monoisotopic (exact) mass is 445 g/mol. The molecule has 0 unspecified atom stereocenters. The first-order valence-electron chi connectivity index (χ1n) is 10.1. The third-order valence-electron chi connectivity index (χ3n) is 5.26. The first-order chi connectivity index (χ1) is 14.8. The van der Waals surface area contributed by atoms with E-state index in [1.165, 1.54) is 25.3 Å². The Morgan fingerprint density at radius 1 is 1.03 bits per heavy atom. The highest BCUT2D eigenvalue weighted by molar-refractivity contribution is 7.89. The molecule has 0 aromatic heterocycles. The fraction of sp³-hybridized carbons (Fsp3) is 0.364. The van der Waals surface area contributed by atoms with E-state index in [4.69, 9.17) is 4.74 Å². The minimum Gasteiger partial charge on any atom is -0.495 e. The van der Waals surface area contributed by atoms with Crippen LogP contribution in [0.4, 0.5) is 0 Å². The molecule has 0 bridgehead atoms. The van der Waals surface area contributed by atoms with Gasteiger partial charge in [-0.05, 0) is 48.7 Å². The third-order valence-corrected chi connectivity index (χ3v) is 6.80. The summed E-state index contributed by atoms with van der Waals surface area (Å²) in [6.07, 6.45) is 3.59. The van der Waals surface area contributed by atoms with Gasteiger partial charge in [-0.1, -0.05) is 25.0 Å². The average molecular weight is 446 g/mol. The van der Waals surface area contributed by atoms with Gasteiger partial charge in [-0.25, -0.2) is 13.1 Å². The number of sulfonamides is 1. The Labute approximate surface area is 182 Å². The van der Waals surface area contributed by atoms with Crippen LogP contribution in [0.3, 0.4) is 0 Å². The number of methoxy groups -OCH3 is 1. The summed E-state index contributed by atoms with van der Waals surface area (Å²) in [6.45, 7) is 0.193. The van der Waals surface area contributed by atoms with Gasteiger partial charge < -0.3 is 15.4 Å². The van der Waals surface area contributed by atoms with Gasteiger partial charge in [0.1, 0.15) is 10.6 Å². The third kappa shape index (κ3) is 5.62. The maximum absolute atomic E-state index is 12.9. The number of benzene rings is 2. The highest BCUT2D eigenvalue weighted by Crippen LogP contribution is 2.27. The Bertz CT molecular complexity index is 1060. The van der Waals surface area contributed by atoms with Crippen LogP contribution >= 0.6 is 0 Å². The average Bonchev–Trinajstić information content (AvgIpc) is 3.28. The molecule has 0 atom stereocenters. The zero-order valence-corrected chi connectivity index (χ0v) is 18.4. The highest BCUT2D eigenvalue weighted by Gasteiger charge is 2.26. The Kier molecular flexibility index (Phi) is 7.29. The molecule has 2 aromatic rings. The van der Waals surface area contributed by atoms with Gasteiger partial charge in [0.15, 0.2) is 0 Å². The predicted molar refractivity (Wildman–Crippen MR) is 117 cm³/mol. The summed E-state index contributed by atoms with van der Waals surface area (Å²) in [5.74, 6) is -0.460. The zero-order chi connectivity index (χ0) is 22.4. The number of amides is 2. The topological polar surface area (TPSA) is 114 Å². The number of nitrogens with one attached hydrogen (secondary N) is 3. The molecule has 0 heterocycles. The number of hydrogen-bond acceptors (Lipinski definition) is 5. The minimum absolute atomic E-state index is 0.0591. The molecule has 0 spiro atoms. The lowest BCUT2D eigenvalue weighted by molar-refractivity contribution is 0.0948. The lowest BCUT2D eigenvalue weighted by Gasteiger charge is -2.16. The minimum atomic E-state index is -3.83. The maximum atomic E-state index is 12.9. The number of carbonyl (C=O) groups is 2. The molecule has 1 saturated carbocycles. The van der Waals surface area contributed by atoms with Crippen molar-refractivity contribution in [2.75, 3.05) is 14.2 Å². The first-order valence-corrected chi connectivity index (χ1v) is 11.6. The molecule has 0 saturated heterocycles. The first kappa shape index (κ1) is 22.8. The summed E-state index contributed by atoms with van der Waals surface area (Å²) < 4.78 is 33.7. The molecule has 9 heteroatoms. The van der Waals surface area contributed by atoms with Crippen molar-refractivity contribution in [3.63, 3.8) is 0 Å². The number of hydrogen-bond donors (Lipinski definition) is 3. The molecular weight excluding hydrogens is 418 g/mol. The van der Waals surface area contributed by atoms with Crippen LogP contribution in [0.5, 0.6) is 5.75 Å². The summed E-state index contributed by atoms with van der Waals surface area (Å²) in [4.78, 5) is 24.4. The fourth-order valence-electron chi connectivity index (χ4n) is 3.61. The zero-order valence-electron chi connectivity index (χ0n) is 17.6. The lowest BCUT2D eigenvalue weighted by Crippen LogP contribution is -2.33. The van der Waals surface area contributed by atoms with Crippen LogP contribution in [-0.2, 0) is 16.6 Å². The molecule has 2 aromatic carbocycles. The SMILES string of the molecule is CNC(=O)c1cccc(CNC(=O)c2ccc(OC)c(S(=O)(=O)NC3CCCC3)c2)c1. The van der Waals surface area contributed by atoms with Crippen molar-refractivity contribution in [2.24, 2.45) is 0 Å². The Hall–Kier alpha value is -2.91. The van der Waals surface area contributed by atoms with E-state index in [1.807, 2.05) is 0 Å². The van der Waals surface area contributed by atoms with Gasteiger partial charge in [0, 0.05) is 30.8 Å². The molecule has 1 aliphatic carbocycles. The number of rotatable bonds is 8. The van der Waals surface area contributed by atoms with E-state index in [9.17, 15) is 18.0 Å². The van der Waals surface area contributed by atoms with Gasteiger partial charge in [0.05, 0.1) is 7.11 Å². The van der Waals surface area contributed by atoms with E-state index in [0.717, 1.165) is 31.2 Å². The van der Waals surface area contributed by atoms with Crippen molar-refractivity contribution in [1.29, 1.82) is 0 Å². The Morgan fingerprint density at radius 2 is 1.74 bits per heavy atom. The molecule has 3 rings (SSSR count). The van der Waals surface area contributed by atoms with E-state index >= 15 is 0 Å². The Balaban J connectivity index is 1.76. The molecule has 0 radical (unpaired) electrons. The van der Waals surface area contributed by atoms with Crippen LogP contribution in [0.15, 0.2) is 47.4 Å². The fourth-order valence-corrected chi connectivity index (χ4v) is 5.11. The van der Waals surface area contributed by atoms with E-state index in [-0.39, 0.29) is 34.7 Å². The van der Waals surface area contributed by atoms with Crippen molar-refractivity contribution in [3.05, 3.63) is 59.2 Å². The summed E-state index contributed by atoms with van der Waals surface area (Å²) in [7, 11) is -0.886. The van der Waals surface area contributed by atoms with Crippen LogP contribution in [0.1, 0.15) is 52.0 Å². The highest BCUT2D eigenvalue weighted by atomic mass is 32.2. The van der Waals surface area contributed by atoms with Crippen molar-refractivity contribution in [2.45, 2.75) is 43.2 Å². The molecule has 8 nitrogen and oxygen atoms in total. The smallest absolute Gasteiger partial charge is 0.251 e. The lowest BCUT2D eigenvalue weighted by atomic mass is 10.1.